The molecular formula is C15H13Br2NO. The van der Waals surface area contributed by atoms with Crippen LogP contribution in [0.2, 0.25) is 0 Å². The zero-order valence-corrected chi connectivity index (χ0v) is 13.7. The Labute approximate surface area is 129 Å². The van der Waals surface area contributed by atoms with Crippen LogP contribution < -0.4 is 0 Å². The maximum atomic E-state index is 12.0. The minimum atomic E-state index is 0.270. The van der Waals surface area contributed by atoms with E-state index in [9.17, 15) is 4.79 Å². The third-order valence-corrected chi connectivity index (χ3v) is 4.85. The predicted molar refractivity (Wildman–Crippen MR) is 83.2 cm³/mol. The highest BCUT2D eigenvalue weighted by atomic mass is 79.9. The number of nitrogens with zero attached hydrogens (tertiary/aromatic N) is 1. The molecule has 0 saturated heterocycles. The summed E-state index contributed by atoms with van der Waals surface area (Å²) < 4.78 is 4.25. The van der Waals surface area contributed by atoms with Crippen LogP contribution in [0.15, 0.2) is 33.2 Å². The van der Waals surface area contributed by atoms with Crippen molar-refractivity contribution in [3.05, 3.63) is 50.2 Å². The predicted octanol–water partition coefficient (Wildman–Crippen LogP) is 4.83. The standard InChI is InChI=1S/C15H13Br2NO/c1-9-8-10-13(6-3-7-14(10)19)18(9)15-11(16)4-2-5-12(15)17/h2,4-5,8H,3,6-7H2,1H3. The number of benzene rings is 1. The zero-order chi connectivity index (χ0) is 13.6. The number of hydrogen-bond acceptors (Lipinski definition) is 1. The Bertz CT molecular complexity index is 653. The van der Waals surface area contributed by atoms with E-state index in [0.717, 1.165) is 44.4 Å². The molecule has 0 bridgehead atoms. The van der Waals surface area contributed by atoms with E-state index in [1.54, 1.807) is 0 Å². The molecule has 1 heterocycles. The number of aryl methyl sites for hydroxylation is 1. The molecule has 0 amide bonds. The van der Waals surface area contributed by atoms with E-state index in [4.69, 9.17) is 0 Å². The Morgan fingerprint density at radius 3 is 2.53 bits per heavy atom. The number of aromatic nitrogens is 1. The van der Waals surface area contributed by atoms with Crippen LogP contribution in [0.1, 0.15) is 34.6 Å². The lowest BCUT2D eigenvalue weighted by atomic mass is 9.96. The number of fused-ring (bicyclic) bond motifs is 1. The van der Waals surface area contributed by atoms with Gasteiger partial charge in [0.05, 0.1) is 5.69 Å². The second kappa shape index (κ2) is 4.91. The number of Topliss-reactive ketones (excluding diaryl/α,β-unsaturated/α-hetero) is 1. The van der Waals surface area contributed by atoms with Crippen molar-refractivity contribution in [3.8, 4) is 5.69 Å². The van der Waals surface area contributed by atoms with Crippen LogP contribution in [0.4, 0.5) is 0 Å². The van der Waals surface area contributed by atoms with Crippen molar-refractivity contribution in [2.24, 2.45) is 0 Å². The summed E-state index contributed by atoms with van der Waals surface area (Å²) in [5.41, 5.74) is 4.22. The number of rotatable bonds is 1. The molecule has 0 aliphatic heterocycles. The van der Waals surface area contributed by atoms with Gasteiger partial charge in [0.1, 0.15) is 0 Å². The van der Waals surface area contributed by atoms with Gasteiger partial charge in [0.25, 0.3) is 0 Å². The first-order chi connectivity index (χ1) is 9.09. The van der Waals surface area contributed by atoms with Gasteiger partial charge in [-0.1, -0.05) is 6.07 Å². The molecule has 1 aromatic carbocycles. The molecule has 1 aliphatic rings. The van der Waals surface area contributed by atoms with Gasteiger partial charge in [-0.3, -0.25) is 4.79 Å². The summed E-state index contributed by atoms with van der Waals surface area (Å²) in [4.78, 5) is 12.0. The van der Waals surface area contributed by atoms with Crippen molar-refractivity contribution in [3.63, 3.8) is 0 Å². The van der Waals surface area contributed by atoms with E-state index >= 15 is 0 Å². The van der Waals surface area contributed by atoms with E-state index in [2.05, 4.69) is 43.4 Å². The van der Waals surface area contributed by atoms with E-state index < -0.39 is 0 Å². The summed E-state index contributed by atoms with van der Waals surface area (Å²) in [5.74, 6) is 0.270. The highest BCUT2D eigenvalue weighted by molar-refractivity contribution is 9.11. The molecule has 2 nitrogen and oxygen atoms in total. The van der Waals surface area contributed by atoms with Crippen LogP contribution in [-0.2, 0) is 6.42 Å². The third kappa shape index (κ3) is 2.11. The minimum Gasteiger partial charge on any atom is -0.315 e. The first-order valence-corrected chi connectivity index (χ1v) is 7.87. The van der Waals surface area contributed by atoms with E-state index in [-0.39, 0.29) is 5.78 Å². The second-order valence-electron chi connectivity index (χ2n) is 4.83. The third-order valence-electron chi connectivity index (χ3n) is 3.57. The fourth-order valence-electron chi connectivity index (χ4n) is 2.74. The van der Waals surface area contributed by atoms with Gasteiger partial charge in [0, 0.05) is 32.3 Å². The molecule has 0 unspecified atom stereocenters. The van der Waals surface area contributed by atoms with Gasteiger partial charge in [0.15, 0.2) is 5.78 Å². The normalized spacial score (nSPS) is 14.6. The van der Waals surface area contributed by atoms with Gasteiger partial charge >= 0.3 is 0 Å². The lowest BCUT2D eigenvalue weighted by Gasteiger charge is -2.18. The summed E-state index contributed by atoms with van der Waals surface area (Å²) in [6.45, 7) is 2.05. The SMILES string of the molecule is Cc1cc2c(n1-c1c(Br)cccc1Br)CCCC2=O. The summed E-state index contributed by atoms with van der Waals surface area (Å²) in [6, 6.07) is 8.06. The van der Waals surface area contributed by atoms with E-state index in [0.29, 0.717) is 6.42 Å². The average Bonchev–Trinajstić information content (AvgIpc) is 2.68. The summed E-state index contributed by atoms with van der Waals surface area (Å²) in [7, 11) is 0. The Morgan fingerprint density at radius 1 is 1.16 bits per heavy atom. The summed E-state index contributed by atoms with van der Waals surface area (Å²) in [5, 5.41) is 0. The molecule has 0 atom stereocenters. The summed E-state index contributed by atoms with van der Waals surface area (Å²) in [6.07, 6.45) is 2.58. The Hall–Kier alpha value is -0.870. The van der Waals surface area contributed by atoms with Crippen molar-refractivity contribution in [2.75, 3.05) is 0 Å². The number of para-hydroxylation sites is 1. The smallest absolute Gasteiger partial charge is 0.164 e. The molecule has 3 rings (SSSR count). The van der Waals surface area contributed by atoms with Crippen LogP contribution in [0.5, 0.6) is 0 Å². The maximum absolute atomic E-state index is 12.0. The maximum Gasteiger partial charge on any atom is 0.164 e. The van der Waals surface area contributed by atoms with Gasteiger partial charge in [-0.25, -0.2) is 0 Å². The molecule has 4 heteroatoms. The van der Waals surface area contributed by atoms with Crippen molar-refractivity contribution < 1.29 is 4.79 Å². The Balaban J connectivity index is 2.29. The lowest BCUT2D eigenvalue weighted by molar-refractivity contribution is 0.0972. The molecule has 0 saturated carbocycles. The van der Waals surface area contributed by atoms with Crippen LogP contribution in [0.25, 0.3) is 5.69 Å². The molecule has 2 aromatic rings. The molecular weight excluding hydrogens is 370 g/mol. The molecule has 19 heavy (non-hydrogen) atoms. The second-order valence-corrected chi connectivity index (χ2v) is 6.54. The summed E-state index contributed by atoms with van der Waals surface area (Å²) >= 11 is 7.22. The van der Waals surface area contributed by atoms with Gasteiger partial charge in [-0.05, 0) is 69.8 Å². The van der Waals surface area contributed by atoms with Crippen LogP contribution in [0, 0.1) is 6.92 Å². The molecule has 1 aliphatic carbocycles. The van der Waals surface area contributed by atoms with Crippen LogP contribution in [0.3, 0.4) is 0 Å². The van der Waals surface area contributed by atoms with Crippen molar-refractivity contribution >= 4 is 37.6 Å². The van der Waals surface area contributed by atoms with Gasteiger partial charge < -0.3 is 4.57 Å². The van der Waals surface area contributed by atoms with Crippen molar-refractivity contribution in [1.29, 1.82) is 0 Å². The first kappa shape index (κ1) is 13.1. The first-order valence-electron chi connectivity index (χ1n) is 6.28. The van der Waals surface area contributed by atoms with E-state index in [1.807, 2.05) is 24.3 Å². The molecule has 1 aromatic heterocycles. The van der Waals surface area contributed by atoms with Gasteiger partial charge in [0.2, 0.25) is 0 Å². The minimum absolute atomic E-state index is 0.270. The van der Waals surface area contributed by atoms with E-state index in [1.165, 1.54) is 0 Å². The number of halogens is 2. The van der Waals surface area contributed by atoms with Crippen LogP contribution >= 0.6 is 31.9 Å². The average molecular weight is 383 g/mol. The number of carbonyl (C=O) groups excluding carboxylic acids is 1. The highest BCUT2D eigenvalue weighted by Gasteiger charge is 2.24. The molecule has 0 N–H and O–H groups in total. The largest absolute Gasteiger partial charge is 0.315 e. The van der Waals surface area contributed by atoms with Gasteiger partial charge in [-0.15, -0.1) is 0 Å². The molecule has 0 radical (unpaired) electrons. The molecule has 98 valence electrons. The molecule has 0 fully saturated rings. The quantitative estimate of drug-likeness (QED) is 0.692. The Morgan fingerprint density at radius 2 is 1.84 bits per heavy atom. The van der Waals surface area contributed by atoms with Crippen LogP contribution in [-0.4, -0.2) is 10.4 Å². The molecule has 0 spiro atoms. The van der Waals surface area contributed by atoms with Crippen molar-refractivity contribution in [2.45, 2.75) is 26.2 Å². The fraction of sp³-hybridized carbons (Fsp3) is 0.267. The number of ketones is 1. The number of hydrogen-bond donors (Lipinski definition) is 0. The highest BCUT2D eigenvalue weighted by Crippen LogP contribution is 2.35. The fourth-order valence-corrected chi connectivity index (χ4v) is 4.10. The topological polar surface area (TPSA) is 22.0 Å². The van der Waals surface area contributed by atoms with Gasteiger partial charge in [-0.2, -0.15) is 0 Å². The van der Waals surface area contributed by atoms with Crippen molar-refractivity contribution in [1.82, 2.24) is 4.57 Å². The monoisotopic (exact) mass is 381 g/mol. The Kier molecular flexibility index (Phi) is 3.39. The lowest BCUT2D eigenvalue weighted by Crippen LogP contribution is -2.13. The number of carbonyl (C=O) groups is 1. The zero-order valence-electron chi connectivity index (χ0n) is 10.5.